The van der Waals surface area contributed by atoms with Crippen molar-refractivity contribution in [1.82, 2.24) is 0 Å². The molecule has 0 amide bonds. The molecule has 0 heterocycles. The first-order chi connectivity index (χ1) is 4.31. The number of allylic oxidation sites excluding steroid dienone is 1. The van der Waals surface area contributed by atoms with E-state index in [1.165, 1.54) is 6.42 Å². The van der Waals surface area contributed by atoms with Crippen molar-refractivity contribution in [3.05, 3.63) is 12.3 Å². The number of ether oxygens (including phenoxy) is 1. The van der Waals surface area contributed by atoms with Gasteiger partial charge in [-0.1, -0.05) is 13.8 Å². The highest BCUT2D eigenvalue weighted by Crippen LogP contribution is 2.01. The maximum Gasteiger partial charge on any atom is 0.0845 e. The third-order valence-corrected chi connectivity index (χ3v) is 1.31. The summed E-state index contributed by atoms with van der Waals surface area (Å²) >= 11 is 0. The summed E-state index contributed by atoms with van der Waals surface area (Å²) in [6, 6.07) is 0. The highest BCUT2D eigenvalue weighted by Gasteiger charge is 1.88. The minimum Gasteiger partial charge on any atom is -0.502 e. The molecule has 54 valence electrons. The van der Waals surface area contributed by atoms with E-state index in [2.05, 4.69) is 19.9 Å². The van der Waals surface area contributed by atoms with Crippen LogP contribution in [0.2, 0.25) is 0 Å². The fourth-order valence-electron chi connectivity index (χ4n) is 0.422. The van der Waals surface area contributed by atoms with Gasteiger partial charge in [0.2, 0.25) is 0 Å². The van der Waals surface area contributed by atoms with E-state index in [1.54, 1.807) is 6.26 Å². The van der Waals surface area contributed by atoms with Crippen molar-refractivity contribution in [3.8, 4) is 0 Å². The molecule has 0 unspecified atom stereocenters. The molecule has 0 spiro atoms. The Hall–Kier alpha value is -0.460. The first kappa shape index (κ1) is 8.54. The van der Waals surface area contributed by atoms with Gasteiger partial charge in [0.15, 0.2) is 0 Å². The Balaban J connectivity index is 3.20. The first-order valence-electron chi connectivity index (χ1n) is 3.59. The van der Waals surface area contributed by atoms with Crippen LogP contribution in [-0.4, -0.2) is 6.61 Å². The molecule has 0 fully saturated rings. The number of rotatable bonds is 4. The predicted molar refractivity (Wildman–Crippen MR) is 40.2 cm³/mol. The molecular weight excluding hydrogens is 112 g/mol. The molecule has 0 aromatic rings. The van der Waals surface area contributed by atoms with Crippen LogP contribution in [0.15, 0.2) is 12.3 Å². The SMILES string of the molecule is CCO/C=C/[C@H](C)CC. The van der Waals surface area contributed by atoms with E-state index in [1.807, 2.05) is 6.92 Å². The second kappa shape index (κ2) is 5.67. The molecule has 1 heteroatoms. The summed E-state index contributed by atoms with van der Waals surface area (Å²) in [5.41, 5.74) is 0. The van der Waals surface area contributed by atoms with Crippen molar-refractivity contribution in [3.63, 3.8) is 0 Å². The second-order valence-electron chi connectivity index (χ2n) is 2.17. The molecule has 0 aliphatic carbocycles. The fraction of sp³-hybridized carbons (Fsp3) is 0.750. The van der Waals surface area contributed by atoms with Gasteiger partial charge >= 0.3 is 0 Å². The van der Waals surface area contributed by atoms with Gasteiger partial charge in [-0.25, -0.2) is 0 Å². The van der Waals surface area contributed by atoms with Crippen LogP contribution in [0.5, 0.6) is 0 Å². The van der Waals surface area contributed by atoms with Gasteiger partial charge in [-0.15, -0.1) is 0 Å². The summed E-state index contributed by atoms with van der Waals surface area (Å²) in [6.07, 6.45) is 5.06. The molecule has 1 nitrogen and oxygen atoms in total. The van der Waals surface area contributed by atoms with Crippen LogP contribution >= 0.6 is 0 Å². The largest absolute Gasteiger partial charge is 0.502 e. The molecule has 0 bridgehead atoms. The Morgan fingerprint density at radius 2 is 2.11 bits per heavy atom. The first-order valence-corrected chi connectivity index (χ1v) is 3.59. The molecule has 9 heavy (non-hydrogen) atoms. The van der Waals surface area contributed by atoms with Crippen LogP contribution in [-0.2, 0) is 4.74 Å². The van der Waals surface area contributed by atoms with Crippen molar-refractivity contribution in [1.29, 1.82) is 0 Å². The summed E-state index contributed by atoms with van der Waals surface area (Å²) < 4.78 is 5.03. The van der Waals surface area contributed by atoms with Gasteiger partial charge in [0.05, 0.1) is 12.9 Å². The second-order valence-corrected chi connectivity index (χ2v) is 2.17. The molecular formula is C8H16O. The Bertz CT molecular complexity index is 76.6. The standard InChI is InChI=1S/C8H16O/c1-4-8(3)6-7-9-5-2/h6-8H,4-5H2,1-3H3/b7-6+/t8-/m1/s1. The van der Waals surface area contributed by atoms with Crippen LogP contribution in [0.3, 0.4) is 0 Å². The Kier molecular flexibility index (Phi) is 5.38. The zero-order valence-corrected chi connectivity index (χ0v) is 6.55. The van der Waals surface area contributed by atoms with Crippen molar-refractivity contribution in [2.45, 2.75) is 27.2 Å². The van der Waals surface area contributed by atoms with Gasteiger partial charge in [-0.2, -0.15) is 0 Å². The van der Waals surface area contributed by atoms with Crippen LogP contribution in [0.1, 0.15) is 27.2 Å². The lowest BCUT2D eigenvalue weighted by Gasteiger charge is -1.98. The Labute approximate surface area is 57.7 Å². The Morgan fingerprint density at radius 3 is 2.56 bits per heavy atom. The minimum absolute atomic E-state index is 0.650. The highest BCUT2D eigenvalue weighted by atomic mass is 16.5. The van der Waals surface area contributed by atoms with E-state index >= 15 is 0 Å². The lowest BCUT2D eigenvalue weighted by molar-refractivity contribution is 0.266. The molecule has 0 saturated carbocycles. The summed E-state index contributed by atoms with van der Waals surface area (Å²) in [6.45, 7) is 7.10. The van der Waals surface area contributed by atoms with Crippen molar-refractivity contribution < 1.29 is 4.74 Å². The molecule has 0 radical (unpaired) electrons. The van der Waals surface area contributed by atoms with Gasteiger partial charge < -0.3 is 4.74 Å². The monoisotopic (exact) mass is 128 g/mol. The van der Waals surface area contributed by atoms with Crippen LogP contribution in [0.4, 0.5) is 0 Å². The van der Waals surface area contributed by atoms with E-state index in [0.29, 0.717) is 5.92 Å². The van der Waals surface area contributed by atoms with E-state index in [0.717, 1.165) is 6.61 Å². The highest BCUT2D eigenvalue weighted by molar-refractivity contribution is 4.78. The zero-order valence-electron chi connectivity index (χ0n) is 6.55. The van der Waals surface area contributed by atoms with Gasteiger partial charge in [0.25, 0.3) is 0 Å². The quantitative estimate of drug-likeness (QED) is 0.529. The molecule has 0 aromatic heterocycles. The van der Waals surface area contributed by atoms with Crippen LogP contribution in [0, 0.1) is 5.92 Å². The summed E-state index contributed by atoms with van der Waals surface area (Å²) in [4.78, 5) is 0. The molecule has 0 aromatic carbocycles. The van der Waals surface area contributed by atoms with Gasteiger partial charge in [-0.05, 0) is 25.3 Å². The minimum atomic E-state index is 0.650. The number of hydrogen-bond donors (Lipinski definition) is 0. The maximum atomic E-state index is 5.03. The third-order valence-electron chi connectivity index (χ3n) is 1.31. The van der Waals surface area contributed by atoms with Crippen molar-refractivity contribution in [2.75, 3.05) is 6.61 Å². The third kappa shape index (κ3) is 5.41. The van der Waals surface area contributed by atoms with Crippen molar-refractivity contribution in [2.24, 2.45) is 5.92 Å². The molecule has 0 aliphatic heterocycles. The smallest absolute Gasteiger partial charge is 0.0845 e. The summed E-state index contributed by atoms with van der Waals surface area (Å²) in [5, 5.41) is 0. The molecule has 0 rings (SSSR count). The van der Waals surface area contributed by atoms with Crippen LogP contribution in [0.25, 0.3) is 0 Å². The molecule has 0 saturated heterocycles. The van der Waals surface area contributed by atoms with Gasteiger partial charge in [0, 0.05) is 0 Å². The van der Waals surface area contributed by atoms with Crippen molar-refractivity contribution >= 4 is 0 Å². The topological polar surface area (TPSA) is 9.23 Å². The van der Waals surface area contributed by atoms with Crippen LogP contribution < -0.4 is 0 Å². The maximum absolute atomic E-state index is 5.03. The molecule has 0 aliphatic rings. The summed E-state index contributed by atoms with van der Waals surface area (Å²) in [7, 11) is 0. The summed E-state index contributed by atoms with van der Waals surface area (Å²) in [5.74, 6) is 0.650. The zero-order chi connectivity index (χ0) is 7.11. The normalized spacial score (nSPS) is 14.1. The average Bonchev–Trinajstić information content (AvgIpc) is 1.89. The number of hydrogen-bond acceptors (Lipinski definition) is 1. The Morgan fingerprint density at radius 1 is 1.44 bits per heavy atom. The van der Waals surface area contributed by atoms with Gasteiger partial charge in [0.1, 0.15) is 0 Å². The van der Waals surface area contributed by atoms with E-state index in [9.17, 15) is 0 Å². The predicted octanol–water partition coefficient (Wildman–Crippen LogP) is 2.58. The molecule has 0 N–H and O–H groups in total. The van der Waals surface area contributed by atoms with E-state index in [4.69, 9.17) is 4.74 Å². The average molecular weight is 128 g/mol. The van der Waals surface area contributed by atoms with E-state index < -0.39 is 0 Å². The van der Waals surface area contributed by atoms with E-state index in [-0.39, 0.29) is 0 Å². The lowest BCUT2D eigenvalue weighted by Crippen LogP contribution is -1.85. The molecule has 1 atom stereocenters. The fourth-order valence-corrected chi connectivity index (χ4v) is 0.422. The van der Waals surface area contributed by atoms with Gasteiger partial charge in [-0.3, -0.25) is 0 Å². The lowest BCUT2D eigenvalue weighted by atomic mass is 10.1.